The lowest BCUT2D eigenvalue weighted by molar-refractivity contribution is -0.121. The molecule has 0 unspecified atom stereocenters. The summed E-state index contributed by atoms with van der Waals surface area (Å²) in [4.78, 5) is 34.0. The van der Waals surface area contributed by atoms with Crippen molar-refractivity contribution in [3.8, 4) is 0 Å². The summed E-state index contributed by atoms with van der Waals surface area (Å²) in [7, 11) is 0. The van der Waals surface area contributed by atoms with Crippen molar-refractivity contribution in [2.24, 2.45) is 0 Å². The maximum Gasteiger partial charge on any atom is 0.244 e. The van der Waals surface area contributed by atoms with Gasteiger partial charge in [-0.25, -0.2) is 4.98 Å². The zero-order valence-electron chi connectivity index (χ0n) is 14.0. The third kappa shape index (κ3) is 3.29. The number of nitrogens with one attached hydrogen (secondary N) is 1. The number of carbonyl (C=O) groups excluding carboxylic acids is 2. The van der Waals surface area contributed by atoms with Gasteiger partial charge in [0.2, 0.25) is 11.8 Å². The number of anilines is 2. The van der Waals surface area contributed by atoms with E-state index in [2.05, 4.69) is 15.3 Å². The van der Waals surface area contributed by atoms with Gasteiger partial charge >= 0.3 is 0 Å². The van der Waals surface area contributed by atoms with Gasteiger partial charge in [-0.05, 0) is 6.07 Å². The molecule has 3 heterocycles. The van der Waals surface area contributed by atoms with Crippen LogP contribution in [0.2, 0.25) is 0 Å². The van der Waals surface area contributed by atoms with Crippen LogP contribution in [0.4, 0.5) is 11.4 Å². The molecule has 2 amide bonds. The molecule has 126 valence electrons. The van der Waals surface area contributed by atoms with E-state index < -0.39 is 0 Å². The summed E-state index contributed by atoms with van der Waals surface area (Å²) in [5.41, 5.74) is 1.09. The van der Waals surface area contributed by atoms with Gasteiger partial charge in [0.15, 0.2) is 5.89 Å². The number of hydrogen-bond acceptors (Lipinski definition) is 5. The van der Waals surface area contributed by atoms with Crippen LogP contribution in [-0.2, 0) is 21.4 Å². The minimum atomic E-state index is -0.227. The molecule has 1 N–H and O–H groups in total. The van der Waals surface area contributed by atoms with Crippen molar-refractivity contribution in [2.75, 3.05) is 16.8 Å². The van der Waals surface area contributed by atoms with Gasteiger partial charge in [0, 0.05) is 24.5 Å². The molecule has 0 fully saturated rings. The summed E-state index contributed by atoms with van der Waals surface area (Å²) in [5, 5.41) is 2.71. The Labute approximate surface area is 140 Å². The summed E-state index contributed by atoms with van der Waals surface area (Å²) >= 11 is 0. The molecule has 1 aliphatic heterocycles. The predicted octanol–water partition coefficient (Wildman–Crippen LogP) is 2.29. The highest BCUT2D eigenvalue weighted by Gasteiger charge is 2.27. The molecule has 2 aromatic rings. The molecule has 0 saturated carbocycles. The van der Waals surface area contributed by atoms with Gasteiger partial charge in [-0.3, -0.25) is 14.6 Å². The molecule has 0 aromatic carbocycles. The monoisotopic (exact) mass is 328 g/mol. The van der Waals surface area contributed by atoms with E-state index >= 15 is 0 Å². The van der Waals surface area contributed by atoms with Gasteiger partial charge in [-0.2, -0.15) is 0 Å². The number of aromatic nitrogens is 2. The number of rotatable bonds is 3. The van der Waals surface area contributed by atoms with E-state index in [4.69, 9.17) is 4.42 Å². The summed E-state index contributed by atoms with van der Waals surface area (Å²) in [6, 6.07) is 1.72. The molecule has 0 radical (unpaired) electrons. The molecular weight excluding hydrogens is 308 g/mol. The fourth-order valence-electron chi connectivity index (χ4n) is 2.48. The van der Waals surface area contributed by atoms with Crippen LogP contribution >= 0.6 is 0 Å². The van der Waals surface area contributed by atoms with E-state index in [0.717, 1.165) is 5.76 Å². The number of aryl methyl sites for hydroxylation is 1. The summed E-state index contributed by atoms with van der Waals surface area (Å²) < 4.78 is 5.71. The standard InChI is InChI=1S/C17H20N4O3/c1-17(2,3)13-9-19-15(24-13)4-5-16(23)21-10-14(22)20-11-8-18-7-6-12(11)21/h6-9H,4-5,10H2,1-3H3,(H,20,22). The van der Waals surface area contributed by atoms with Crippen molar-refractivity contribution in [2.45, 2.75) is 39.0 Å². The third-order valence-corrected chi connectivity index (χ3v) is 3.81. The quantitative estimate of drug-likeness (QED) is 0.934. The highest BCUT2D eigenvalue weighted by molar-refractivity contribution is 6.09. The Hall–Kier alpha value is -2.70. The van der Waals surface area contributed by atoms with Gasteiger partial charge in [0.05, 0.1) is 23.8 Å². The fourth-order valence-corrected chi connectivity index (χ4v) is 2.48. The van der Waals surface area contributed by atoms with Crippen molar-refractivity contribution < 1.29 is 14.0 Å². The number of fused-ring (bicyclic) bond motifs is 1. The Morgan fingerprint density at radius 2 is 2.17 bits per heavy atom. The van der Waals surface area contributed by atoms with Gasteiger partial charge < -0.3 is 14.6 Å². The van der Waals surface area contributed by atoms with Crippen LogP contribution in [0, 0.1) is 0 Å². The second-order valence-corrected chi connectivity index (χ2v) is 6.79. The second-order valence-electron chi connectivity index (χ2n) is 6.79. The lowest BCUT2D eigenvalue weighted by Crippen LogP contribution is -2.42. The number of carbonyl (C=O) groups is 2. The number of amides is 2. The Kier molecular flexibility index (Phi) is 4.09. The topological polar surface area (TPSA) is 88.3 Å². The Morgan fingerprint density at radius 1 is 1.38 bits per heavy atom. The number of hydrogen-bond donors (Lipinski definition) is 1. The van der Waals surface area contributed by atoms with E-state index in [9.17, 15) is 9.59 Å². The SMILES string of the molecule is CC(C)(C)c1cnc(CCC(=O)N2CC(=O)Nc3cnccc32)o1. The van der Waals surface area contributed by atoms with Crippen molar-refractivity contribution in [1.29, 1.82) is 0 Å². The van der Waals surface area contributed by atoms with Gasteiger partial charge in [-0.1, -0.05) is 20.8 Å². The highest BCUT2D eigenvalue weighted by Crippen LogP contribution is 2.29. The summed E-state index contributed by atoms with van der Waals surface area (Å²) in [6.45, 7) is 6.13. The van der Waals surface area contributed by atoms with E-state index in [0.29, 0.717) is 23.7 Å². The van der Waals surface area contributed by atoms with Crippen LogP contribution in [-0.4, -0.2) is 28.3 Å². The number of nitrogens with zero attached hydrogens (tertiary/aromatic N) is 3. The van der Waals surface area contributed by atoms with E-state index in [1.165, 1.54) is 11.1 Å². The van der Waals surface area contributed by atoms with E-state index in [-0.39, 0.29) is 30.2 Å². The zero-order valence-corrected chi connectivity index (χ0v) is 14.0. The van der Waals surface area contributed by atoms with Gasteiger partial charge in [0.25, 0.3) is 0 Å². The van der Waals surface area contributed by atoms with Crippen molar-refractivity contribution in [3.05, 3.63) is 36.3 Å². The first-order valence-corrected chi connectivity index (χ1v) is 7.84. The normalized spacial score (nSPS) is 14.3. The van der Waals surface area contributed by atoms with Crippen molar-refractivity contribution in [1.82, 2.24) is 9.97 Å². The van der Waals surface area contributed by atoms with Crippen LogP contribution in [0.1, 0.15) is 38.8 Å². The molecule has 7 nitrogen and oxygen atoms in total. The molecule has 0 spiro atoms. The van der Waals surface area contributed by atoms with Crippen LogP contribution in [0.25, 0.3) is 0 Å². The van der Waals surface area contributed by atoms with Crippen LogP contribution in [0.15, 0.2) is 29.1 Å². The van der Waals surface area contributed by atoms with E-state index in [1.807, 2.05) is 20.8 Å². The molecule has 7 heteroatoms. The third-order valence-electron chi connectivity index (χ3n) is 3.81. The Bertz CT molecular complexity index is 776. The Balaban J connectivity index is 1.70. The van der Waals surface area contributed by atoms with Gasteiger partial charge in [0.1, 0.15) is 12.3 Å². The summed E-state index contributed by atoms with van der Waals surface area (Å²) in [5.74, 6) is 0.950. The molecule has 24 heavy (non-hydrogen) atoms. The number of pyridine rings is 1. The fraction of sp³-hybridized carbons (Fsp3) is 0.412. The maximum atomic E-state index is 12.5. The summed E-state index contributed by atoms with van der Waals surface area (Å²) in [6.07, 6.45) is 5.46. The Morgan fingerprint density at radius 3 is 2.88 bits per heavy atom. The smallest absolute Gasteiger partial charge is 0.244 e. The molecule has 0 bridgehead atoms. The van der Waals surface area contributed by atoms with Gasteiger partial charge in [-0.15, -0.1) is 0 Å². The average Bonchev–Trinajstić information content (AvgIpc) is 3.01. The van der Waals surface area contributed by atoms with Crippen molar-refractivity contribution >= 4 is 23.2 Å². The maximum absolute atomic E-state index is 12.5. The van der Waals surface area contributed by atoms with Crippen LogP contribution < -0.4 is 10.2 Å². The molecule has 0 saturated heterocycles. The predicted molar refractivity (Wildman–Crippen MR) is 88.7 cm³/mol. The first-order valence-electron chi connectivity index (χ1n) is 7.84. The average molecular weight is 328 g/mol. The highest BCUT2D eigenvalue weighted by atomic mass is 16.4. The molecular formula is C17H20N4O3. The molecule has 3 rings (SSSR count). The molecule has 0 atom stereocenters. The molecule has 0 aliphatic carbocycles. The van der Waals surface area contributed by atoms with Crippen molar-refractivity contribution in [3.63, 3.8) is 0 Å². The van der Waals surface area contributed by atoms with E-state index in [1.54, 1.807) is 18.5 Å². The first-order chi connectivity index (χ1) is 11.3. The molecule has 2 aromatic heterocycles. The minimum Gasteiger partial charge on any atom is -0.445 e. The lowest BCUT2D eigenvalue weighted by Gasteiger charge is -2.28. The largest absolute Gasteiger partial charge is 0.445 e. The van der Waals surface area contributed by atoms with Crippen LogP contribution in [0.5, 0.6) is 0 Å². The second kappa shape index (κ2) is 6.07. The van der Waals surface area contributed by atoms with Crippen LogP contribution in [0.3, 0.4) is 0 Å². The lowest BCUT2D eigenvalue weighted by atomic mass is 9.94. The minimum absolute atomic E-state index is 0.00860. The molecule has 1 aliphatic rings. The zero-order chi connectivity index (χ0) is 17.3. The number of oxazole rings is 1. The first kappa shape index (κ1) is 16.2.